The number of hydrogen-bond acceptors (Lipinski definition) is 2. The number of carbonyl (C=O) groups is 1. The number of halogens is 1. The molecule has 1 atom stereocenters. The molecule has 1 fully saturated rings. The van der Waals surface area contributed by atoms with Crippen molar-refractivity contribution in [3.8, 4) is 0 Å². The van der Waals surface area contributed by atoms with Gasteiger partial charge in [-0.3, -0.25) is 0 Å². The molecule has 1 aliphatic heterocycles. The van der Waals surface area contributed by atoms with Crippen molar-refractivity contribution in [3.05, 3.63) is 35.4 Å². The first kappa shape index (κ1) is 11.7. The van der Waals surface area contributed by atoms with Gasteiger partial charge in [-0.15, -0.1) is 0 Å². The second-order valence-corrected chi connectivity index (χ2v) is 4.91. The second-order valence-electron chi connectivity index (χ2n) is 4.03. The number of cyclic esters (lactones) is 1. The summed E-state index contributed by atoms with van der Waals surface area (Å²) in [5, 5.41) is 0. The summed E-state index contributed by atoms with van der Waals surface area (Å²) >= 11 is 2.24. The van der Waals surface area contributed by atoms with Gasteiger partial charge in [0, 0.05) is 11.0 Å². The van der Waals surface area contributed by atoms with E-state index in [1.165, 1.54) is 5.56 Å². The SMILES string of the molecule is Cc1ccc(CN2CC(CI)OC2=O)cc1. The van der Waals surface area contributed by atoms with Crippen molar-refractivity contribution in [1.82, 2.24) is 4.90 Å². The highest BCUT2D eigenvalue weighted by Gasteiger charge is 2.30. The van der Waals surface area contributed by atoms with Crippen LogP contribution >= 0.6 is 22.6 Å². The highest BCUT2D eigenvalue weighted by Crippen LogP contribution is 2.16. The second kappa shape index (κ2) is 5.03. The van der Waals surface area contributed by atoms with E-state index in [0.717, 1.165) is 9.99 Å². The molecule has 0 aliphatic carbocycles. The van der Waals surface area contributed by atoms with Gasteiger partial charge < -0.3 is 9.64 Å². The molecule has 2 rings (SSSR count). The van der Waals surface area contributed by atoms with Crippen LogP contribution in [0.25, 0.3) is 0 Å². The predicted molar refractivity (Wildman–Crippen MR) is 70.7 cm³/mol. The Hall–Kier alpha value is -0.780. The molecule has 3 nitrogen and oxygen atoms in total. The van der Waals surface area contributed by atoms with E-state index in [4.69, 9.17) is 4.74 Å². The third kappa shape index (κ3) is 2.66. The van der Waals surface area contributed by atoms with Gasteiger partial charge in [0.05, 0.1) is 6.54 Å². The Morgan fingerprint density at radius 3 is 2.69 bits per heavy atom. The summed E-state index contributed by atoms with van der Waals surface area (Å²) in [7, 11) is 0. The molecule has 0 aromatic heterocycles. The molecule has 0 bridgehead atoms. The van der Waals surface area contributed by atoms with Crippen molar-refractivity contribution in [2.75, 3.05) is 11.0 Å². The smallest absolute Gasteiger partial charge is 0.410 e. The molecular formula is C12H14INO2. The van der Waals surface area contributed by atoms with E-state index in [2.05, 4.69) is 53.8 Å². The molecule has 0 radical (unpaired) electrons. The van der Waals surface area contributed by atoms with E-state index in [0.29, 0.717) is 13.1 Å². The Labute approximate surface area is 109 Å². The number of nitrogens with zero attached hydrogens (tertiary/aromatic N) is 1. The molecular weight excluding hydrogens is 317 g/mol. The van der Waals surface area contributed by atoms with E-state index in [-0.39, 0.29) is 12.2 Å². The number of aryl methyl sites for hydroxylation is 1. The third-order valence-electron chi connectivity index (χ3n) is 2.62. The Morgan fingerprint density at radius 2 is 2.12 bits per heavy atom. The maximum Gasteiger partial charge on any atom is 0.410 e. The number of carbonyl (C=O) groups excluding carboxylic acids is 1. The van der Waals surface area contributed by atoms with Gasteiger partial charge in [0.2, 0.25) is 0 Å². The fraction of sp³-hybridized carbons (Fsp3) is 0.417. The van der Waals surface area contributed by atoms with Crippen LogP contribution in [0.1, 0.15) is 11.1 Å². The Morgan fingerprint density at radius 1 is 1.44 bits per heavy atom. The van der Waals surface area contributed by atoms with Crippen molar-refractivity contribution in [2.45, 2.75) is 19.6 Å². The fourth-order valence-corrected chi connectivity index (χ4v) is 2.16. The average Bonchev–Trinajstić information content (AvgIpc) is 2.63. The van der Waals surface area contributed by atoms with Crippen molar-refractivity contribution in [2.24, 2.45) is 0 Å². The minimum absolute atomic E-state index is 0.0542. The monoisotopic (exact) mass is 331 g/mol. The molecule has 1 saturated heterocycles. The van der Waals surface area contributed by atoms with Gasteiger partial charge in [-0.25, -0.2) is 4.79 Å². The Balaban J connectivity index is 2.00. The maximum atomic E-state index is 11.5. The van der Waals surface area contributed by atoms with Crippen molar-refractivity contribution in [1.29, 1.82) is 0 Å². The molecule has 1 aromatic rings. The van der Waals surface area contributed by atoms with Gasteiger partial charge in [0.15, 0.2) is 0 Å². The first-order chi connectivity index (χ1) is 7.69. The van der Waals surface area contributed by atoms with Crippen LogP contribution < -0.4 is 0 Å². The highest BCUT2D eigenvalue weighted by molar-refractivity contribution is 14.1. The molecule has 0 spiro atoms. The summed E-state index contributed by atoms with van der Waals surface area (Å²) in [6.07, 6.45) is -0.138. The van der Waals surface area contributed by atoms with Crippen LogP contribution in [0.4, 0.5) is 4.79 Å². The van der Waals surface area contributed by atoms with Crippen LogP contribution in [-0.2, 0) is 11.3 Å². The van der Waals surface area contributed by atoms with Gasteiger partial charge >= 0.3 is 6.09 Å². The summed E-state index contributed by atoms with van der Waals surface area (Å²) < 4.78 is 6.05. The van der Waals surface area contributed by atoms with Crippen LogP contribution in [0.5, 0.6) is 0 Å². The minimum Gasteiger partial charge on any atom is -0.443 e. The summed E-state index contributed by atoms with van der Waals surface area (Å²) in [4.78, 5) is 13.3. The van der Waals surface area contributed by atoms with Crippen LogP contribution in [0.15, 0.2) is 24.3 Å². The lowest BCUT2D eigenvalue weighted by atomic mass is 10.1. The van der Waals surface area contributed by atoms with E-state index >= 15 is 0 Å². The predicted octanol–water partition coefficient (Wildman–Crippen LogP) is 2.75. The summed E-state index contributed by atoms with van der Waals surface area (Å²) in [5.74, 6) is 0. The van der Waals surface area contributed by atoms with Gasteiger partial charge in [0.1, 0.15) is 6.10 Å². The number of alkyl halides is 1. The van der Waals surface area contributed by atoms with Crippen LogP contribution in [-0.4, -0.2) is 28.1 Å². The maximum absolute atomic E-state index is 11.5. The molecule has 1 amide bonds. The molecule has 1 aromatic carbocycles. The zero-order valence-electron chi connectivity index (χ0n) is 9.15. The van der Waals surface area contributed by atoms with Crippen LogP contribution in [0.2, 0.25) is 0 Å². The van der Waals surface area contributed by atoms with E-state index in [9.17, 15) is 4.79 Å². The number of benzene rings is 1. The molecule has 1 unspecified atom stereocenters. The normalized spacial score (nSPS) is 20.0. The first-order valence-corrected chi connectivity index (χ1v) is 6.78. The van der Waals surface area contributed by atoms with Gasteiger partial charge in [-0.1, -0.05) is 52.4 Å². The Bertz CT molecular complexity index is 377. The van der Waals surface area contributed by atoms with Crippen LogP contribution in [0, 0.1) is 6.92 Å². The standard InChI is InChI=1S/C12H14INO2/c1-9-2-4-10(5-3-9)7-14-8-11(6-13)16-12(14)15/h2-5,11H,6-8H2,1H3. The van der Waals surface area contributed by atoms with E-state index < -0.39 is 0 Å². The number of rotatable bonds is 3. The highest BCUT2D eigenvalue weighted by atomic mass is 127. The van der Waals surface area contributed by atoms with Gasteiger partial charge in [-0.05, 0) is 12.5 Å². The van der Waals surface area contributed by atoms with E-state index in [1.807, 2.05) is 0 Å². The summed E-state index contributed by atoms with van der Waals surface area (Å²) in [5.41, 5.74) is 2.38. The summed E-state index contributed by atoms with van der Waals surface area (Å²) in [6, 6.07) is 8.24. The molecule has 16 heavy (non-hydrogen) atoms. The van der Waals surface area contributed by atoms with Gasteiger partial charge in [-0.2, -0.15) is 0 Å². The van der Waals surface area contributed by atoms with Crippen molar-refractivity contribution < 1.29 is 9.53 Å². The molecule has 0 N–H and O–H groups in total. The molecule has 1 aliphatic rings. The van der Waals surface area contributed by atoms with Crippen LogP contribution in [0.3, 0.4) is 0 Å². The molecule has 86 valence electrons. The quantitative estimate of drug-likeness (QED) is 0.630. The largest absolute Gasteiger partial charge is 0.443 e. The van der Waals surface area contributed by atoms with Crippen molar-refractivity contribution >= 4 is 28.7 Å². The van der Waals surface area contributed by atoms with E-state index in [1.54, 1.807) is 4.90 Å². The topological polar surface area (TPSA) is 29.5 Å². The molecule has 1 heterocycles. The Kier molecular flexibility index (Phi) is 3.68. The summed E-state index contributed by atoms with van der Waals surface area (Å²) in [6.45, 7) is 3.40. The zero-order valence-corrected chi connectivity index (χ0v) is 11.3. The van der Waals surface area contributed by atoms with Crippen molar-refractivity contribution in [3.63, 3.8) is 0 Å². The zero-order chi connectivity index (χ0) is 11.5. The minimum atomic E-state index is -0.192. The number of ether oxygens (including phenoxy) is 1. The van der Waals surface area contributed by atoms with Gasteiger partial charge in [0.25, 0.3) is 0 Å². The molecule has 4 heteroatoms. The lowest BCUT2D eigenvalue weighted by molar-refractivity contribution is 0.139. The lowest BCUT2D eigenvalue weighted by Gasteiger charge is -2.12. The average molecular weight is 331 g/mol. The number of hydrogen-bond donors (Lipinski definition) is 0. The number of amides is 1. The lowest BCUT2D eigenvalue weighted by Crippen LogP contribution is -2.24. The fourth-order valence-electron chi connectivity index (χ4n) is 1.70. The third-order valence-corrected chi connectivity index (χ3v) is 3.60. The first-order valence-electron chi connectivity index (χ1n) is 5.26. The molecule has 0 saturated carbocycles.